The Bertz CT molecular complexity index is 1000. The quantitative estimate of drug-likeness (QED) is 0.792. The van der Waals surface area contributed by atoms with Crippen molar-refractivity contribution in [2.45, 2.75) is 57.1 Å². The van der Waals surface area contributed by atoms with Crippen molar-refractivity contribution in [1.29, 1.82) is 0 Å². The molecule has 6 nitrogen and oxygen atoms in total. The van der Waals surface area contributed by atoms with Crippen LogP contribution in [0.4, 0.5) is 0 Å². The van der Waals surface area contributed by atoms with Gasteiger partial charge in [-0.1, -0.05) is 30.3 Å². The molecule has 5 rings (SSSR count). The number of nitrogens with zero attached hydrogens (tertiary/aromatic N) is 1. The molecule has 0 radical (unpaired) electrons. The number of carbonyl (C=O) groups is 1. The topological polar surface area (TPSA) is 68.2 Å². The maximum Gasteiger partial charge on any atom is 0.336 e. The summed E-state index contributed by atoms with van der Waals surface area (Å²) < 4.78 is 18.7. The van der Waals surface area contributed by atoms with Gasteiger partial charge in [0.1, 0.15) is 5.60 Å². The van der Waals surface area contributed by atoms with Crippen molar-refractivity contribution in [1.82, 2.24) is 4.90 Å². The number of hydrogen-bond acceptors (Lipinski definition) is 5. The van der Waals surface area contributed by atoms with Gasteiger partial charge in [-0.25, -0.2) is 4.79 Å². The van der Waals surface area contributed by atoms with Crippen molar-refractivity contribution in [3.8, 4) is 11.5 Å². The van der Waals surface area contributed by atoms with Crippen LogP contribution in [-0.2, 0) is 11.3 Å². The molecule has 1 N–H and O–H groups in total. The van der Waals surface area contributed by atoms with E-state index in [9.17, 15) is 9.90 Å². The lowest BCUT2D eigenvalue weighted by Gasteiger charge is -2.51. The summed E-state index contributed by atoms with van der Waals surface area (Å²) in [5.41, 5.74) is 1.90. The van der Waals surface area contributed by atoms with Gasteiger partial charge in [-0.3, -0.25) is 4.90 Å². The van der Waals surface area contributed by atoms with Gasteiger partial charge in [-0.2, -0.15) is 0 Å². The molecule has 0 amide bonds. The monoisotopic (exact) mass is 423 g/mol. The zero-order valence-corrected chi connectivity index (χ0v) is 18.2. The Hall–Kier alpha value is -2.57. The molecule has 164 valence electrons. The fourth-order valence-corrected chi connectivity index (χ4v) is 5.60. The summed E-state index contributed by atoms with van der Waals surface area (Å²) in [5.74, 6) is 0.857. The summed E-state index contributed by atoms with van der Waals surface area (Å²) in [6, 6.07) is 13.5. The number of methoxy groups -OCH3 is 1. The first-order valence-corrected chi connectivity index (χ1v) is 11.0. The molecule has 2 aromatic rings. The molecular formula is C25H29NO5. The van der Waals surface area contributed by atoms with E-state index in [2.05, 4.69) is 24.8 Å². The van der Waals surface area contributed by atoms with Crippen molar-refractivity contribution in [2.24, 2.45) is 5.92 Å². The zero-order chi connectivity index (χ0) is 21.8. The number of ether oxygens (including phenoxy) is 3. The van der Waals surface area contributed by atoms with E-state index in [4.69, 9.17) is 14.2 Å². The lowest BCUT2D eigenvalue weighted by atomic mass is 9.74. The molecule has 0 aliphatic carbocycles. The van der Waals surface area contributed by atoms with Crippen LogP contribution in [0.5, 0.6) is 11.5 Å². The summed E-state index contributed by atoms with van der Waals surface area (Å²) in [6.45, 7) is 5.77. The second-order valence-corrected chi connectivity index (χ2v) is 9.31. The molecule has 3 aliphatic rings. The van der Waals surface area contributed by atoms with Crippen molar-refractivity contribution in [2.75, 3.05) is 13.7 Å². The highest BCUT2D eigenvalue weighted by molar-refractivity contribution is 5.89. The van der Waals surface area contributed by atoms with Crippen LogP contribution in [0.3, 0.4) is 0 Å². The third kappa shape index (κ3) is 3.38. The van der Waals surface area contributed by atoms with E-state index in [1.807, 2.05) is 24.3 Å². The van der Waals surface area contributed by atoms with Crippen LogP contribution in [0.2, 0.25) is 0 Å². The minimum Gasteiger partial charge on any atom is -0.493 e. The largest absolute Gasteiger partial charge is 0.493 e. The average molecular weight is 424 g/mol. The zero-order valence-electron chi connectivity index (χ0n) is 18.2. The first-order valence-electron chi connectivity index (χ1n) is 11.0. The second kappa shape index (κ2) is 7.53. The van der Waals surface area contributed by atoms with Gasteiger partial charge in [-0.05, 0) is 44.4 Å². The Balaban J connectivity index is 1.43. The molecule has 6 heteroatoms. The molecule has 0 unspecified atom stereocenters. The summed E-state index contributed by atoms with van der Waals surface area (Å²) in [4.78, 5) is 14.0. The summed E-state index contributed by atoms with van der Waals surface area (Å²) in [5, 5.41) is 9.56. The van der Waals surface area contributed by atoms with Crippen LogP contribution in [0, 0.1) is 5.92 Å². The van der Waals surface area contributed by atoms with Gasteiger partial charge >= 0.3 is 5.97 Å². The number of carboxylic acids is 1. The van der Waals surface area contributed by atoms with E-state index >= 15 is 0 Å². The molecule has 4 atom stereocenters. The van der Waals surface area contributed by atoms with Crippen LogP contribution >= 0.6 is 0 Å². The number of likely N-dealkylation sites (tertiary alicyclic amines) is 1. The van der Waals surface area contributed by atoms with Crippen molar-refractivity contribution in [3.05, 3.63) is 59.2 Å². The Morgan fingerprint density at radius 2 is 2.03 bits per heavy atom. The predicted octanol–water partition coefficient (Wildman–Crippen LogP) is 4.29. The number of carboxylic acid groups (broad SMARTS) is 1. The molecule has 2 saturated heterocycles. The van der Waals surface area contributed by atoms with E-state index in [0.717, 1.165) is 42.0 Å². The van der Waals surface area contributed by atoms with Gasteiger partial charge < -0.3 is 19.3 Å². The van der Waals surface area contributed by atoms with Crippen molar-refractivity contribution >= 4 is 5.97 Å². The van der Waals surface area contributed by atoms with Gasteiger partial charge in [0, 0.05) is 30.6 Å². The molecular weight excluding hydrogens is 394 g/mol. The standard InChI is InChI=1S/C25H29NO5/c1-25(2)18-13-19-20(30-22(18)17-9-6-10-21(29-3)23(17)31-25)11-12-26(19)14-15-7-4-5-8-16(15)24(27)28/h4-10,18-20,22H,11-14H2,1-3H3,(H,27,28)/t18-,19+,20-,22+/m0/s1. The Labute approximate surface area is 182 Å². The van der Waals surface area contributed by atoms with E-state index in [0.29, 0.717) is 12.1 Å². The molecule has 0 bridgehead atoms. The summed E-state index contributed by atoms with van der Waals surface area (Å²) in [6.07, 6.45) is 2.00. The number of rotatable bonds is 4. The lowest BCUT2D eigenvalue weighted by Crippen LogP contribution is -2.53. The van der Waals surface area contributed by atoms with Crippen LogP contribution < -0.4 is 9.47 Å². The smallest absolute Gasteiger partial charge is 0.336 e. The number of aromatic carboxylic acids is 1. The van der Waals surface area contributed by atoms with Crippen LogP contribution in [0.25, 0.3) is 0 Å². The highest BCUT2D eigenvalue weighted by Crippen LogP contribution is 2.54. The van der Waals surface area contributed by atoms with E-state index in [1.165, 1.54) is 0 Å². The molecule has 0 spiro atoms. The van der Waals surface area contributed by atoms with Gasteiger partial charge in [0.15, 0.2) is 11.5 Å². The van der Waals surface area contributed by atoms with Gasteiger partial charge in [0.25, 0.3) is 0 Å². The maximum atomic E-state index is 11.7. The molecule has 0 saturated carbocycles. The highest BCUT2D eigenvalue weighted by atomic mass is 16.5. The maximum absolute atomic E-state index is 11.7. The fraction of sp³-hybridized carbons (Fsp3) is 0.480. The van der Waals surface area contributed by atoms with Crippen LogP contribution in [0.1, 0.15) is 54.3 Å². The first kappa shape index (κ1) is 20.3. The molecule has 2 fully saturated rings. The number of benzene rings is 2. The lowest BCUT2D eigenvalue weighted by molar-refractivity contribution is -0.163. The Morgan fingerprint density at radius 1 is 1.23 bits per heavy atom. The van der Waals surface area contributed by atoms with Gasteiger partial charge in [0.2, 0.25) is 0 Å². The van der Waals surface area contributed by atoms with E-state index in [-0.39, 0.29) is 24.2 Å². The van der Waals surface area contributed by atoms with Gasteiger partial charge in [-0.15, -0.1) is 0 Å². The average Bonchev–Trinajstić information content (AvgIpc) is 3.14. The van der Waals surface area contributed by atoms with Crippen molar-refractivity contribution < 1.29 is 24.1 Å². The molecule has 3 aliphatic heterocycles. The fourth-order valence-electron chi connectivity index (χ4n) is 5.60. The third-order valence-electron chi connectivity index (χ3n) is 7.20. The second-order valence-electron chi connectivity index (χ2n) is 9.31. The first-order chi connectivity index (χ1) is 14.9. The predicted molar refractivity (Wildman–Crippen MR) is 116 cm³/mol. The van der Waals surface area contributed by atoms with E-state index < -0.39 is 11.6 Å². The molecule has 3 heterocycles. The Kier molecular flexibility index (Phi) is 4.94. The van der Waals surface area contributed by atoms with Crippen molar-refractivity contribution in [3.63, 3.8) is 0 Å². The van der Waals surface area contributed by atoms with E-state index in [1.54, 1.807) is 19.2 Å². The molecule has 31 heavy (non-hydrogen) atoms. The summed E-state index contributed by atoms with van der Waals surface area (Å²) >= 11 is 0. The summed E-state index contributed by atoms with van der Waals surface area (Å²) in [7, 11) is 1.67. The molecule has 0 aromatic heterocycles. The number of para-hydroxylation sites is 1. The minimum atomic E-state index is -0.876. The van der Waals surface area contributed by atoms with Crippen LogP contribution in [-0.4, -0.2) is 47.4 Å². The molecule has 2 aromatic carbocycles. The Morgan fingerprint density at radius 3 is 2.81 bits per heavy atom. The third-order valence-corrected chi connectivity index (χ3v) is 7.20. The normalized spacial score (nSPS) is 28.7. The minimum absolute atomic E-state index is 0.0265. The highest BCUT2D eigenvalue weighted by Gasteiger charge is 2.53. The van der Waals surface area contributed by atoms with Gasteiger partial charge in [0.05, 0.1) is 24.9 Å². The van der Waals surface area contributed by atoms with Crippen LogP contribution in [0.15, 0.2) is 42.5 Å². The number of fused-ring (bicyclic) bond motifs is 4. The SMILES string of the molecule is COc1cccc2c1OC(C)(C)[C@H]1C[C@@H]3[C@H](CCN3Cc3ccccc3C(=O)O)O[C@H]21. The number of hydrogen-bond donors (Lipinski definition) is 1.